The smallest absolute Gasteiger partial charge is 0.128 e. The summed E-state index contributed by atoms with van der Waals surface area (Å²) < 4.78 is 13.5. The minimum absolute atomic E-state index is 0.102. The second kappa shape index (κ2) is 5.37. The maximum Gasteiger partial charge on any atom is 0.128 e. The monoisotopic (exact) mass is 213 g/mol. The van der Waals surface area contributed by atoms with Gasteiger partial charge in [-0.2, -0.15) is 11.8 Å². The molecule has 0 radical (unpaired) electrons. The Morgan fingerprint density at radius 3 is 2.79 bits per heavy atom. The van der Waals surface area contributed by atoms with Crippen LogP contribution in [0.15, 0.2) is 18.2 Å². The summed E-state index contributed by atoms with van der Waals surface area (Å²) in [6, 6.07) is 5.34. The molecule has 0 heterocycles. The number of thioether (sulfide) groups is 1. The van der Waals surface area contributed by atoms with Crippen molar-refractivity contribution in [3.8, 4) is 0 Å². The van der Waals surface area contributed by atoms with Crippen LogP contribution in [0.4, 0.5) is 4.39 Å². The Hall–Kier alpha value is -0.540. The van der Waals surface area contributed by atoms with Crippen LogP contribution in [0.3, 0.4) is 0 Å². The van der Waals surface area contributed by atoms with Crippen molar-refractivity contribution in [3.05, 3.63) is 35.1 Å². The van der Waals surface area contributed by atoms with Gasteiger partial charge in [-0.05, 0) is 26.3 Å². The minimum atomic E-state index is -0.121. The van der Waals surface area contributed by atoms with Gasteiger partial charge in [0.05, 0.1) is 0 Å². The zero-order valence-electron chi connectivity index (χ0n) is 8.80. The first-order chi connectivity index (χ1) is 6.69. The normalized spacial score (nSPS) is 12.9. The van der Waals surface area contributed by atoms with E-state index in [1.165, 1.54) is 6.07 Å². The Balaban J connectivity index is 2.96. The summed E-state index contributed by atoms with van der Waals surface area (Å²) in [5, 5.41) is 3.13. The molecule has 0 aliphatic rings. The molecule has 0 amide bonds. The van der Waals surface area contributed by atoms with Crippen molar-refractivity contribution in [1.82, 2.24) is 5.32 Å². The van der Waals surface area contributed by atoms with E-state index in [9.17, 15) is 4.39 Å². The van der Waals surface area contributed by atoms with Crippen LogP contribution in [-0.4, -0.2) is 19.1 Å². The van der Waals surface area contributed by atoms with Gasteiger partial charge < -0.3 is 5.32 Å². The Kier molecular flexibility index (Phi) is 4.42. The molecule has 1 N–H and O–H groups in total. The molecule has 0 saturated carbocycles. The second-order valence-corrected chi connectivity index (χ2v) is 4.23. The quantitative estimate of drug-likeness (QED) is 0.825. The van der Waals surface area contributed by atoms with Gasteiger partial charge in [0.1, 0.15) is 5.82 Å². The standard InChI is InChI=1S/C11H16FNS/c1-8-4-5-10(12)9(6-8)11(13-2)7-14-3/h4-6,11,13H,7H2,1-3H3. The Morgan fingerprint density at radius 2 is 2.21 bits per heavy atom. The van der Waals surface area contributed by atoms with Crippen molar-refractivity contribution < 1.29 is 4.39 Å². The largest absolute Gasteiger partial charge is 0.312 e. The van der Waals surface area contributed by atoms with Gasteiger partial charge in [0.25, 0.3) is 0 Å². The van der Waals surface area contributed by atoms with E-state index in [1.807, 2.05) is 26.3 Å². The van der Waals surface area contributed by atoms with Crippen LogP contribution in [0.25, 0.3) is 0 Å². The highest BCUT2D eigenvalue weighted by Gasteiger charge is 2.12. The molecule has 1 aromatic rings. The molecule has 0 spiro atoms. The summed E-state index contributed by atoms with van der Waals surface area (Å²) in [6.07, 6.45) is 2.03. The zero-order valence-corrected chi connectivity index (χ0v) is 9.62. The highest BCUT2D eigenvalue weighted by molar-refractivity contribution is 7.98. The first kappa shape index (κ1) is 11.5. The first-order valence-electron chi connectivity index (χ1n) is 4.61. The van der Waals surface area contributed by atoms with Crippen LogP contribution in [0.1, 0.15) is 17.2 Å². The van der Waals surface area contributed by atoms with E-state index in [0.717, 1.165) is 16.9 Å². The predicted molar refractivity (Wildman–Crippen MR) is 61.3 cm³/mol. The van der Waals surface area contributed by atoms with Gasteiger partial charge in [0, 0.05) is 17.4 Å². The lowest BCUT2D eigenvalue weighted by molar-refractivity contribution is 0.565. The Bertz CT molecular complexity index is 301. The number of hydrogen-bond donors (Lipinski definition) is 1. The van der Waals surface area contributed by atoms with Crippen LogP contribution in [0.5, 0.6) is 0 Å². The minimum Gasteiger partial charge on any atom is -0.312 e. The number of benzene rings is 1. The van der Waals surface area contributed by atoms with Crippen LogP contribution in [-0.2, 0) is 0 Å². The number of nitrogens with one attached hydrogen (secondary N) is 1. The molecule has 0 saturated heterocycles. The lowest BCUT2D eigenvalue weighted by Crippen LogP contribution is -2.20. The Labute approximate surface area is 89.1 Å². The first-order valence-corrected chi connectivity index (χ1v) is 6.00. The molecule has 0 bridgehead atoms. The molecule has 0 aliphatic heterocycles. The van der Waals surface area contributed by atoms with Crippen molar-refractivity contribution in [2.75, 3.05) is 19.1 Å². The summed E-state index contributed by atoms with van der Waals surface area (Å²) in [6.45, 7) is 1.98. The maximum atomic E-state index is 13.5. The third-order valence-corrected chi connectivity index (χ3v) is 2.88. The van der Waals surface area contributed by atoms with E-state index in [1.54, 1.807) is 17.8 Å². The van der Waals surface area contributed by atoms with Crippen molar-refractivity contribution in [3.63, 3.8) is 0 Å². The molecule has 0 aromatic heterocycles. The summed E-state index contributed by atoms with van der Waals surface area (Å²) >= 11 is 1.71. The molecule has 0 fully saturated rings. The fourth-order valence-corrected chi connectivity index (χ4v) is 2.11. The average molecular weight is 213 g/mol. The third-order valence-electron chi connectivity index (χ3n) is 2.21. The highest BCUT2D eigenvalue weighted by Crippen LogP contribution is 2.21. The molecule has 1 unspecified atom stereocenters. The topological polar surface area (TPSA) is 12.0 Å². The molecular formula is C11H16FNS. The van der Waals surface area contributed by atoms with Gasteiger partial charge in [-0.25, -0.2) is 4.39 Å². The van der Waals surface area contributed by atoms with Crippen molar-refractivity contribution in [2.24, 2.45) is 0 Å². The fourth-order valence-electron chi connectivity index (χ4n) is 1.43. The van der Waals surface area contributed by atoms with E-state index in [-0.39, 0.29) is 11.9 Å². The molecular weight excluding hydrogens is 197 g/mol. The molecule has 1 rings (SSSR count). The summed E-state index contributed by atoms with van der Waals surface area (Å²) in [5.74, 6) is 0.764. The predicted octanol–water partition coefficient (Wildman–Crippen LogP) is 2.76. The van der Waals surface area contributed by atoms with Gasteiger partial charge in [0.2, 0.25) is 0 Å². The van der Waals surface area contributed by atoms with E-state index in [4.69, 9.17) is 0 Å². The molecule has 78 valence electrons. The van der Waals surface area contributed by atoms with E-state index in [0.29, 0.717) is 0 Å². The van der Waals surface area contributed by atoms with E-state index < -0.39 is 0 Å². The van der Waals surface area contributed by atoms with Gasteiger partial charge in [-0.1, -0.05) is 17.7 Å². The number of aryl methyl sites for hydroxylation is 1. The average Bonchev–Trinajstić information content (AvgIpc) is 2.18. The van der Waals surface area contributed by atoms with Crippen LogP contribution >= 0.6 is 11.8 Å². The second-order valence-electron chi connectivity index (χ2n) is 3.32. The molecule has 3 heteroatoms. The van der Waals surface area contributed by atoms with Crippen LogP contribution in [0.2, 0.25) is 0 Å². The zero-order chi connectivity index (χ0) is 10.6. The van der Waals surface area contributed by atoms with Crippen molar-refractivity contribution in [1.29, 1.82) is 0 Å². The number of halogens is 1. The van der Waals surface area contributed by atoms with Gasteiger partial charge in [-0.15, -0.1) is 0 Å². The highest BCUT2D eigenvalue weighted by atomic mass is 32.2. The third kappa shape index (κ3) is 2.72. The lowest BCUT2D eigenvalue weighted by atomic mass is 10.1. The summed E-state index contributed by atoms with van der Waals surface area (Å²) in [4.78, 5) is 0. The fraction of sp³-hybridized carbons (Fsp3) is 0.455. The van der Waals surface area contributed by atoms with Gasteiger partial charge >= 0.3 is 0 Å². The van der Waals surface area contributed by atoms with Crippen LogP contribution < -0.4 is 5.32 Å². The number of rotatable bonds is 4. The number of hydrogen-bond acceptors (Lipinski definition) is 2. The van der Waals surface area contributed by atoms with E-state index in [2.05, 4.69) is 5.32 Å². The maximum absolute atomic E-state index is 13.5. The molecule has 1 atom stereocenters. The molecule has 0 aliphatic carbocycles. The molecule has 1 nitrogen and oxygen atoms in total. The summed E-state index contributed by atoms with van der Waals surface area (Å²) in [7, 11) is 1.86. The van der Waals surface area contributed by atoms with Crippen molar-refractivity contribution in [2.45, 2.75) is 13.0 Å². The van der Waals surface area contributed by atoms with E-state index >= 15 is 0 Å². The van der Waals surface area contributed by atoms with Gasteiger partial charge in [-0.3, -0.25) is 0 Å². The SMILES string of the molecule is CNC(CSC)c1cc(C)ccc1F. The molecule has 14 heavy (non-hydrogen) atoms. The molecule has 1 aromatic carbocycles. The Morgan fingerprint density at radius 1 is 1.50 bits per heavy atom. The lowest BCUT2D eigenvalue weighted by Gasteiger charge is -2.16. The van der Waals surface area contributed by atoms with Crippen LogP contribution in [0, 0.1) is 12.7 Å². The van der Waals surface area contributed by atoms with Crippen molar-refractivity contribution >= 4 is 11.8 Å². The summed E-state index contributed by atoms with van der Waals surface area (Å²) in [5.41, 5.74) is 1.87. The van der Waals surface area contributed by atoms with Gasteiger partial charge in [0.15, 0.2) is 0 Å².